The Balaban J connectivity index is 1.45. The van der Waals surface area contributed by atoms with Crippen molar-refractivity contribution in [1.82, 2.24) is 9.55 Å². The first kappa shape index (κ1) is 23.1. The van der Waals surface area contributed by atoms with Gasteiger partial charge in [0.15, 0.2) is 0 Å². The summed E-state index contributed by atoms with van der Waals surface area (Å²) in [4.78, 5) is 4.15. The van der Waals surface area contributed by atoms with Crippen LogP contribution in [0.25, 0.3) is 82.5 Å². The van der Waals surface area contributed by atoms with Gasteiger partial charge in [0.1, 0.15) is 11.5 Å². The lowest BCUT2D eigenvalue weighted by atomic mass is 9.93. The largest absolute Gasteiger partial charge is 0.456 e. The third kappa shape index (κ3) is 3.31. The predicted molar refractivity (Wildman–Crippen MR) is 174 cm³/mol. The SMILES string of the molecule is c1ccc(-n2c3ccc(-c4ccc(-c5ccncc5)o4)cc3c3c4ccccc4c4ccc5ccccc5c4c32)cc1. The molecule has 42 heavy (non-hydrogen) atoms. The van der Waals surface area contributed by atoms with Gasteiger partial charge in [0.05, 0.1) is 11.0 Å². The van der Waals surface area contributed by atoms with Gasteiger partial charge in [-0.05, 0) is 81.5 Å². The molecule has 0 bridgehead atoms. The second-order valence-electron chi connectivity index (χ2n) is 10.8. The van der Waals surface area contributed by atoms with Crippen molar-refractivity contribution in [2.45, 2.75) is 0 Å². The lowest BCUT2D eigenvalue weighted by molar-refractivity contribution is 0.597. The number of para-hydroxylation sites is 1. The van der Waals surface area contributed by atoms with Crippen molar-refractivity contribution in [3.63, 3.8) is 0 Å². The van der Waals surface area contributed by atoms with Gasteiger partial charge in [-0.25, -0.2) is 0 Å². The van der Waals surface area contributed by atoms with Crippen molar-refractivity contribution < 1.29 is 4.42 Å². The lowest BCUT2D eigenvalue weighted by Gasteiger charge is -2.14. The summed E-state index contributed by atoms with van der Waals surface area (Å²) in [7, 11) is 0. The molecule has 0 fully saturated rings. The predicted octanol–water partition coefficient (Wildman–Crippen LogP) is 10.6. The maximum atomic E-state index is 6.39. The van der Waals surface area contributed by atoms with E-state index in [0.29, 0.717) is 0 Å². The normalized spacial score (nSPS) is 11.8. The second kappa shape index (κ2) is 8.92. The Kier molecular flexibility index (Phi) is 4.90. The van der Waals surface area contributed by atoms with Crippen LogP contribution >= 0.6 is 0 Å². The number of aromatic nitrogens is 2. The standard InChI is InChI=1S/C39H24N2O/c1-2-9-28(10-3-1)41-34-17-15-27(36-19-18-35(42-36)26-20-22-40-23-21-26)24-33(34)38-31-13-7-6-12-30(31)32-16-14-25-8-4-5-11-29(25)37(32)39(38)41/h1-24H. The van der Waals surface area contributed by atoms with Crippen molar-refractivity contribution >= 4 is 54.1 Å². The van der Waals surface area contributed by atoms with Gasteiger partial charge in [-0.2, -0.15) is 0 Å². The van der Waals surface area contributed by atoms with Crippen LogP contribution in [0.15, 0.2) is 150 Å². The Morgan fingerprint density at radius 2 is 1.14 bits per heavy atom. The van der Waals surface area contributed by atoms with E-state index in [4.69, 9.17) is 4.42 Å². The van der Waals surface area contributed by atoms with E-state index in [1.54, 1.807) is 12.4 Å². The van der Waals surface area contributed by atoms with Crippen molar-refractivity contribution in [2.24, 2.45) is 0 Å². The topological polar surface area (TPSA) is 31.0 Å². The molecule has 0 spiro atoms. The molecular formula is C39H24N2O. The van der Waals surface area contributed by atoms with Crippen LogP contribution in [0.1, 0.15) is 0 Å². The number of hydrogen-bond donors (Lipinski definition) is 0. The Labute approximate surface area is 241 Å². The number of fused-ring (bicyclic) bond motifs is 10. The number of benzene rings is 6. The summed E-state index contributed by atoms with van der Waals surface area (Å²) in [6, 6.07) is 47.6. The first-order valence-electron chi connectivity index (χ1n) is 14.2. The molecule has 0 saturated carbocycles. The molecule has 6 aromatic carbocycles. The zero-order chi connectivity index (χ0) is 27.6. The number of nitrogens with zero attached hydrogens (tertiary/aromatic N) is 2. The van der Waals surface area contributed by atoms with E-state index in [-0.39, 0.29) is 0 Å². The molecule has 0 aliphatic heterocycles. The fraction of sp³-hybridized carbons (Fsp3) is 0. The smallest absolute Gasteiger partial charge is 0.134 e. The number of rotatable bonds is 3. The van der Waals surface area contributed by atoms with Crippen molar-refractivity contribution in [3.05, 3.63) is 146 Å². The zero-order valence-electron chi connectivity index (χ0n) is 22.7. The van der Waals surface area contributed by atoms with E-state index >= 15 is 0 Å². The maximum Gasteiger partial charge on any atom is 0.134 e. The van der Waals surface area contributed by atoms with Gasteiger partial charge < -0.3 is 8.98 Å². The van der Waals surface area contributed by atoms with Crippen LogP contribution in [0.5, 0.6) is 0 Å². The van der Waals surface area contributed by atoms with Crippen LogP contribution in [0, 0.1) is 0 Å². The zero-order valence-corrected chi connectivity index (χ0v) is 22.7. The minimum atomic E-state index is 0.835. The molecular weight excluding hydrogens is 512 g/mol. The van der Waals surface area contributed by atoms with Gasteiger partial charge in [0.2, 0.25) is 0 Å². The number of hydrogen-bond acceptors (Lipinski definition) is 2. The van der Waals surface area contributed by atoms with Crippen LogP contribution in [-0.2, 0) is 0 Å². The van der Waals surface area contributed by atoms with E-state index in [2.05, 4.69) is 125 Å². The molecule has 9 aromatic rings. The number of furan rings is 1. The fourth-order valence-corrected chi connectivity index (χ4v) is 6.65. The van der Waals surface area contributed by atoms with E-state index < -0.39 is 0 Å². The first-order chi connectivity index (χ1) is 20.8. The monoisotopic (exact) mass is 536 g/mol. The van der Waals surface area contributed by atoms with Crippen molar-refractivity contribution in [2.75, 3.05) is 0 Å². The van der Waals surface area contributed by atoms with Crippen LogP contribution < -0.4 is 0 Å². The highest BCUT2D eigenvalue weighted by Gasteiger charge is 2.21. The molecule has 3 aromatic heterocycles. The Morgan fingerprint density at radius 1 is 0.476 bits per heavy atom. The Bertz CT molecular complexity index is 2450. The van der Waals surface area contributed by atoms with Gasteiger partial charge in [-0.15, -0.1) is 0 Å². The molecule has 3 heterocycles. The molecule has 0 saturated heterocycles. The van der Waals surface area contributed by atoms with Crippen molar-refractivity contribution in [1.29, 1.82) is 0 Å². The minimum Gasteiger partial charge on any atom is -0.456 e. The van der Waals surface area contributed by atoms with Gasteiger partial charge in [0, 0.05) is 45.4 Å². The molecule has 0 unspecified atom stereocenters. The average Bonchev–Trinajstić information content (AvgIpc) is 3.69. The highest BCUT2D eigenvalue weighted by Crippen LogP contribution is 2.45. The van der Waals surface area contributed by atoms with Crippen LogP contribution in [0.2, 0.25) is 0 Å². The molecule has 0 radical (unpaired) electrons. The van der Waals surface area contributed by atoms with Gasteiger partial charge in [-0.1, -0.05) is 78.9 Å². The average molecular weight is 537 g/mol. The van der Waals surface area contributed by atoms with Gasteiger partial charge >= 0.3 is 0 Å². The van der Waals surface area contributed by atoms with E-state index in [1.165, 1.54) is 54.1 Å². The lowest BCUT2D eigenvalue weighted by Crippen LogP contribution is -1.95. The third-order valence-electron chi connectivity index (χ3n) is 8.49. The Hall–Kier alpha value is -5.67. The summed E-state index contributed by atoms with van der Waals surface area (Å²) in [5, 5.41) is 10.0. The summed E-state index contributed by atoms with van der Waals surface area (Å²) >= 11 is 0. The molecule has 196 valence electrons. The fourth-order valence-electron chi connectivity index (χ4n) is 6.65. The third-order valence-corrected chi connectivity index (χ3v) is 8.49. The van der Waals surface area contributed by atoms with Crippen LogP contribution in [0.3, 0.4) is 0 Å². The molecule has 0 atom stereocenters. The van der Waals surface area contributed by atoms with Crippen LogP contribution in [-0.4, -0.2) is 9.55 Å². The van der Waals surface area contributed by atoms with E-state index in [0.717, 1.165) is 28.3 Å². The van der Waals surface area contributed by atoms with Gasteiger partial charge in [-0.3, -0.25) is 4.98 Å². The summed E-state index contributed by atoms with van der Waals surface area (Å²) in [6.07, 6.45) is 3.59. The molecule has 0 aliphatic carbocycles. The highest BCUT2D eigenvalue weighted by atomic mass is 16.3. The van der Waals surface area contributed by atoms with Gasteiger partial charge in [0.25, 0.3) is 0 Å². The summed E-state index contributed by atoms with van der Waals surface area (Å²) in [6.45, 7) is 0. The summed E-state index contributed by atoms with van der Waals surface area (Å²) in [5.41, 5.74) is 5.62. The quantitative estimate of drug-likeness (QED) is 0.210. The molecule has 3 nitrogen and oxygen atoms in total. The summed E-state index contributed by atoms with van der Waals surface area (Å²) in [5.74, 6) is 1.68. The molecule has 0 N–H and O–H groups in total. The number of pyridine rings is 1. The molecule has 0 aliphatic rings. The molecule has 9 rings (SSSR count). The van der Waals surface area contributed by atoms with E-state index in [9.17, 15) is 0 Å². The summed E-state index contributed by atoms with van der Waals surface area (Å²) < 4.78 is 8.83. The molecule has 3 heteroatoms. The molecule has 0 amide bonds. The van der Waals surface area contributed by atoms with Crippen molar-refractivity contribution in [3.8, 4) is 28.3 Å². The highest BCUT2D eigenvalue weighted by molar-refractivity contribution is 6.36. The van der Waals surface area contributed by atoms with E-state index in [1.807, 2.05) is 18.2 Å². The first-order valence-corrected chi connectivity index (χ1v) is 14.2. The minimum absolute atomic E-state index is 0.835. The van der Waals surface area contributed by atoms with Crippen LogP contribution in [0.4, 0.5) is 0 Å². The maximum absolute atomic E-state index is 6.39. The second-order valence-corrected chi connectivity index (χ2v) is 10.8. The Morgan fingerprint density at radius 3 is 1.98 bits per heavy atom.